The molecule has 0 nitrogen and oxygen atoms in total. The number of rotatable bonds is 2. The van der Waals surface area contributed by atoms with E-state index in [9.17, 15) is 0 Å². The van der Waals surface area contributed by atoms with Gasteiger partial charge in [0.2, 0.25) is 0 Å². The summed E-state index contributed by atoms with van der Waals surface area (Å²) < 4.78 is 1.27. The summed E-state index contributed by atoms with van der Waals surface area (Å²) in [6.07, 6.45) is 1.05. The van der Waals surface area contributed by atoms with Crippen LogP contribution in [0, 0.1) is 0 Å². The largest absolute Gasteiger partial charge is 0.142 e. The van der Waals surface area contributed by atoms with Gasteiger partial charge in [-0.25, -0.2) is 0 Å². The van der Waals surface area contributed by atoms with Crippen molar-refractivity contribution in [1.29, 1.82) is 0 Å². The molecule has 0 aliphatic carbocycles. The third kappa shape index (κ3) is 1.56. The first-order valence-corrected chi connectivity index (χ1v) is 6.41. The van der Waals surface area contributed by atoms with Crippen molar-refractivity contribution in [3.05, 3.63) is 28.6 Å². The topological polar surface area (TPSA) is 0 Å². The highest BCUT2D eigenvalue weighted by Crippen LogP contribution is 2.34. The minimum absolute atomic E-state index is 0.588. The van der Waals surface area contributed by atoms with Gasteiger partial charge in [0.05, 0.1) is 0 Å². The van der Waals surface area contributed by atoms with E-state index < -0.39 is 0 Å². The number of aryl methyl sites for hydroxylation is 1. The molecule has 0 unspecified atom stereocenters. The molecule has 2 rings (SSSR count). The maximum absolute atomic E-state index is 5.91. The summed E-state index contributed by atoms with van der Waals surface area (Å²) >= 11 is 12.1. The standard InChI is InChI=1S/C11H11ClS2/c1-2-7-3-4-9(13)11-10(7)8(5-12)6-14-11/h3-4,6,13H,2,5H2,1H3. The summed E-state index contributed by atoms with van der Waals surface area (Å²) in [7, 11) is 0. The Labute approximate surface area is 98.3 Å². The lowest BCUT2D eigenvalue weighted by Crippen LogP contribution is -1.84. The molecule has 0 saturated carbocycles. The monoisotopic (exact) mass is 242 g/mol. The lowest BCUT2D eigenvalue weighted by atomic mass is 10.1. The van der Waals surface area contributed by atoms with E-state index in [2.05, 4.69) is 37.1 Å². The van der Waals surface area contributed by atoms with Crippen molar-refractivity contribution in [2.45, 2.75) is 24.1 Å². The highest BCUT2D eigenvalue weighted by atomic mass is 35.5. The summed E-state index contributed by atoms with van der Waals surface area (Å²) in [5.74, 6) is 0.588. The van der Waals surface area contributed by atoms with E-state index >= 15 is 0 Å². The predicted molar refractivity (Wildman–Crippen MR) is 68.0 cm³/mol. The number of thiophene rings is 1. The van der Waals surface area contributed by atoms with Gasteiger partial charge >= 0.3 is 0 Å². The molecular formula is C11H11ClS2. The van der Waals surface area contributed by atoms with Crippen LogP contribution < -0.4 is 0 Å². The zero-order valence-corrected chi connectivity index (χ0v) is 10.3. The van der Waals surface area contributed by atoms with Gasteiger partial charge in [-0.15, -0.1) is 35.6 Å². The maximum atomic E-state index is 5.91. The lowest BCUT2D eigenvalue weighted by molar-refractivity contribution is 1.15. The number of benzene rings is 1. The summed E-state index contributed by atoms with van der Waals surface area (Å²) in [5, 5.41) is 3.45. The van der Waals surface area contributed by atoms with Crippen molar-refractivity contribution in [1.82, 2.24) is 0 Å². The molecule has 0 fully saturated rings. The van der Waals surface area contributed by atoms with Gasteiger partial charge < -0.3 is 0 Å². The zero-order valence-electron chi connectivity index (χ0n) is 7.88. The Morgan fingerprint density at radius 1 is 1.36 bits per heavy atom. The molecular weight excluding hydrogens is 232 g/mol. The number of alkyl halides is 1. The van der Waals surface area contributed by atoms with Crippen LogP contribution in [0.3, 0.4) is 0 Å². The molecule has 3 heteroatoms. The second-order valence-electron chi connectivity index (χ2n) is 3.20. The normalized spacial score (nSPS) is 11.1. The van der Waals surface area contributed by atoms with Crippen LogP contribution in [0.2, 0.25) is 0 Å². The van der Waals surface area contributed by atoms with E-state index in [1.807, 2.05) is 0 Å². The first-order valence-electron chi connectivity index (χ1n) is 4.54. The van der Waals surface area contributed by atoms with Gasteiger partial charge in [0.15, 0.2) is 0 Å². The molecule has 0 spiro atoms. The third-order valence-corrected chi connectivity index (χ3v) is 4.26. The number of halogens is 1. The lowest BCUT2D eigenvalue weighted by Gasteiger charge is -2.03. The van der Waals surface area contributed by atoms with Crippen LogP contribution in [0.5, 0.6) is 0 Å². The van der Waals surface area contributed by atoms with Crippen molar-refractivity contribution in [2.24, 2.45) is 0 Å². The second kappa shape index (κ2) is 4.13. The number of hydrogen-bond donors (Lipinski definition) is 1. The Morgan fingerprint density at radius 3 is 2.79 bits per heavy atom. The Morgan fingerprint density at radius 2 is 2.14 bits per heavy atom. The molecule has 1 aromatic heterocycles. The molecule has 0 radical (unpaired) electrons. The minimum atomic E-state index is 0.588. The molecule has 2 aromatic rings. The van der Waals surface area contributed by atoms with E-state index in [4.69, 9.17) is 11.6 Å². The fourth-order valence-electron chi connectivity index (χ4n) is 1.67. The fraction of sp³-hybridized carbons (Fsp3) is 0.273. The highest BCUT2D eigenvalue weighted by Gasteiger charge is 2.09. The summed E-state index contributed by atoms with van der Waals surface area (Å²) in [4.78, 5) is 1.05. The summed E-state index contributed by atoms with van der Waals surface area (Å²) in [6.45, 7) is 2.17. The van der Waals surface area contributed by atoms with Crippen molar-refractivity contribution in [3.8, 4) is 0 Å². The van der Waals surface area contributed by atoms with E-state index in [1.54, 1.807) is 11.3 Å². The van der Waals surface area contributed by atoms with Crippen LogP contribution in [0.4, 0.5) is 0 Å². The third-order valence-electron chi connectivity index (χ3n) is 2.39. The zero-order chi connectivity index (χ0) is 10.1. The highest BCUT2D eigenvalue weighted by molar-refractivity contribution is 7.80. The molecule has 14 heavy (non-hydrogen) atoms. The first kappa shape index (κ1) is 10.3. The van der Waals surface area contributed by atoms with Gasteiger partial charge in [-0.2, -0.15) is 0 Å². The Hall–Kier alpha value is -0.180. The number of fused-ring (bicyclic) bond motifs is 1. The molecule has 74 valence electrons. The van der Waals surface area contributed by atoms with Crippen molar-refractivity contribution < 1.29 is 0 Å². The van der Waals surface area contributed by atoms with Crippen molar-refractivity contribution in [3.63, 3.8) is 0 Å². The molecule has 0 saturated heterocycles. The van der Waals surface area contributed by atoms with Gasteiger partial charge in [-0.05, 0) is 29.0 Å². The predicted octanol–water partition coefficient (Wildman–Crippen LogP) is 4.49. The molecule has 0 N–H and O–H groups in total. The van der Waals surface area contributed by atoms with Gasteiger partial charge in [-0.3, -0.25) is 0 Å². The van der Waals surface area contributed by atoms with Crippen LogP contribution in [-0.4, -0.2) is 0 Å². The minimum Gasteiger partial charge on any atom is -0.142 e. The van der Waals surface area contributed by atoms with Gasteiger partial charge in [0.25, 0.3) is 0 Å². The van der Waals surface area contributed by atoms with E-state index in [1.165, 1.54) is 21.2 Å². The quantitative estimate of drug-likeness (QED) is 0.582. The van der Waals surface area contributed by atoms with Crippen LogP contribution in [0.1, 0.15) is 18.1 Å². The fourth-order valence-corrected chi connectivity index (χ4v) is 3.34. The molecule has 1 heterocycles. The van der Waals surface area contributed by atoms with E-state index in [-0.39, 0.29) is 0 Å². The molecule has 0 aliphatic rings. The van der Waals surface area contributed by atoms with Crippen molar-refractivity contribution >= 4 is 45.7 Å². The Kier molecular flexibility index (Phi) is 3.05. The van der Waals surface area contributed by atoms with Crippen LogP contribution >= 0.6 is 35.6 Å². The van der Waals surface area contributed by atoms with Gasteiger partial charge in [0.1, 0.15) is 0 Å². The number of thiol groups is 1. The average Bonchev–Trinajstić information content (AvgIpc) is 2.63. The Bertz CT molecular complexity index is 460. The molecule has 0 aliphatic heterocycles. The second-order valence-corrected chi connectivity index (χ2v) is 4.82. The molecule has 1 aromatic carbocycles. The average molecular weight is 243 g/mol. The SMILES string of the molecule is CCc1ccc(S)c2scc(CCl)c12. The molecule has 0 amide bonds. The van der Waals surface area contributed by atoms with Crippen LogP contribution in [-0.2, 0) is 12.3 Å². The molecule has 0 bridgehead atoms. The van der Waals surface area contributed by atoms with Crippen LogP contribution in [0.25, 0.3) is 10.1 Å². The van der Waals surface area contributed by atoms with Gasteiger partial charge in [0, 0.05) is 20.9 Å². The first-order chi connectivity index (χ1) is 6.77. The van der Waals surface area contributed by atoms with Crippen LogP contribution in [0.15, 0.2) is 22.4 Å². The maximum Gasteiger partial charge on any atom is 0.0488 e. The van der Waals surface area contributed by atoms with E-state index in [0.29, 0.717) is 5.88 Å². The van der Waals surface area contributed by atoms with Crippen molar-refractivity contribution in [2.75, 3.05) is 0 Å². The summed E-state index contributed by atoms with van der Waals surface area (Å²) in [5.41, 5.74) is 2.61. The molecule has 0 atom stereocenters. The van der Waals surface area contributed by atoms with E-state index in [0.717, 1.165) is 11.3 Å². The summed E-state index contributed by atoms with van der Waals surface area (Å²) in [6, 6.07) is 4.21. The Balaban J connectivity index is 2.82. The number of hydrogen-bond acceptors (Lipinski definition) is 2. The van der Waals surface area contributed by atoms with Gasteiger partial charge in [-0.1, -0.05) is 13.0 Å². The smallest absolute Gasteiger partial charge is 0.0488 e.